The van der Waals surface area contributed by atoms with E-state index in [2.05, 4.69) is 21.0 Å². The predicted octanol–water partition coefficient (Wildman–Crippen LogP) is 3.37. The van der Waals surface area contributed by atoms with E-state index >= 15 is 0 Å². The van der Waals surface area contributed by atoms with E-state index in [1.807, 2.05) is 14.1 Å². The van der Waals surface area contributed by atoms with Gasteiger partial charge in [0.25, 0.3) is 0 Å². The highest BCUT2D eigenvalue weighted by molar-refractivity contribution is 5.71. The van der Waals surface area contributed by atoms with Gasteiger partial charge in [-0.05, 0) is 20.5 Å². The van der Waals surface area contributed by atoms with Crippen molar-refractivity contribution in [3.05, 3.63) is 0 Å². The molecule has 0 amide bonds. The molecule has 0 aromatic carbocycles. The Morgan fingerprint density at radius 3 is 1.36 bits per heavy atom. The van der Waals surface area contributed by atoms with Gasteiger partial charge >= 0.3 is 11.9 Å². The predicted molar refractivity (Wildman–Crippen MR) is 146 cm³/mol. The Bertz CT molecular complexity index is 516. The zero-order valence-corrected chi connectivity index (χ0v) is 25.2. The van der Waals surface area contributed by atoms with Crippen molar-refractivity contribution in [1.29, 1.82) is 0 Å². The summed E-state index contributed by atoms with van der Waals surface area (Å²) < 4.78 is 11.3. The van der Waals surface area contributed by atoms with Crippen molar-refractivity contribution in [2.24, 2.45) is 0 Å². The molecule has 7 heteroatoms. The van der Waals surface area contributed by atoms with Gasteiger partial charge in [-0.25, -0.2) is 0 Å². The fourth-order valence-electron chi connectivity index (χ4n) is 4.12. The lowest BCUT2D eigenvalue weighted by atomic mass is 10.0. The van der Waals surface area contributed by atoms with Crippen LogP contribution in [0.15, 0.2) is 0 Å². The van der Waals surface area contributed by atoms with Gasteiger partial charge in [-0.3, -0.25) is 14.5 Å². The summed E-state index contributed by atoms with van der Waals surface area (Å²) in [5, 5.41) is 0. The van der Waals surface area contributed by atoms with E-state index in [9.17, 15) is 9.59 Å². The van der Waals surface area contributed by atoms with Crippen LogP contribution in [0.2, 0.25) is 0 Å². The number of carbonyl (C=O) groups is 2. The molecule has 0 spiro atoms. The zero-order valence-electron chi connectivity index (χ0n) is 24.5. The topological polar surface area (TPSA) is 55.8 Å². The molecule has 216 valence electrons. The van der Waals surface area contributed by atoms with E-state index in [0.717, 1.165) is 19.4 Å². The van der Waals surface area contributed by atoms with Gasteiger partial charge in [-0.15, -0.1) is 0 Å². The van der Waals surface area contributed by atoms with Gasteiger partial charge in [0.05, 0.1) is 20.6 Å². The Morgan fingerprint density at radius 1 is 0.611 bits per heavy atom. The number of likely N-dealkylation sites (N-methyl/N-ethyl adjacent to an activating group) is 2. The van der Waals surface area contributed by atoms with Gasteiger partial charge in [0.15, 0.2) is 0 Å². The highest BCUT2D eigenvalue weighted by Crippen LogP contribution is 2.14. The smallest absolute Gasteiger partial charge is 0.320 e. The Kier molecular flexibility index (Phi) is 26.7. The highest BCUT2D eigenvalue weighted by Gasteiger charge is 2.17. The standard InChI is InChI=1S/C29H59N2O4.ClH/c1-6-7-8-9-10-11-12-13-14-15-16-17-18-19-20-21-22-28(32)34-25-23-31(4,5)24-26-35-29(33)27-30(2)3;/h6-27H2,1-5H3;1H/q+1;/p-1. The Hall–Kier alpha value is -0.850. The van der Waals surface area contributed by atoms with Crippen molar-refractivity contribution in [2.45, 2.75) is 116 Å². The quantitative estimate of drug-likeness (QED) is 0.102. The van der Waals surface area contributed by atoms with Crippen molar-refractivity contribution in [1.82, 2.24) is 4.90 Å². The van der Waals surface area contributed by atoms with Crippen LogP contribution in [-0.4, -0.2) is 82.4 Å². The largest absolute Gasteiger partial charge is 1.00 e. The first-order valence-corrected chi connectivity index (χ1v) is 14.5. The zero-order chi connectivity index (χ0) is 26.2. The molecule has 0 bridgehead atoms. The molecule has 0 aliphatic heterocycles. The lowest BCUT2D eigenvalue weighted by Gasteiger charge is -2.29. The molecule has 0 unspecified atom stereocenters. The monoisotopic (exact) mass is 534 g/mol. The number of halogens is 1. The molecule has 0 aliphatic carbocycles. The summed E-state index contributed by atoms with van der Waals surface area (Å²) in [6.07, 6.45) is 21.9. The minimum absolute atomic E-state index is 0. The van der Waals surface area contributed by atoms with Crippen LogP contribution < -0.4 is 12.4 Å². The number of hydrogen-bond acceptors (Lipinski definition) is 5. The van der Waals surface area contributed by atoms with Gasteiger partial charge in [-0.1, -0.05) is 103 Å². The van der Waals surface area contributed by atoms with E-state index in [1.165, 1.54) is 89.9 Å². The molecule has 6 nitrogen and oxygen atoms in total. The van der Waals surface area contributed by atoms with Crippen LogP contribution in [0.25, 0.3) is 0 Å². The number of unbranched alkanes of at least 4 members (excludes halogenated alkanes) is 15. The van der Waals surface area contributed by atoms with Crippen molar-refractivity contribution >= 4 is 11.9 Å². The maximum absolute atomic E-state index is 12.0. The molecular formula is C29H59ClN2O4. The molecule has 0 atom stereocenters. The molecule has 0 aromatic rings. The third-order valence-electron chi connectivity index (χ3n) is 6.60. The molecule has 0 aliphatic rings. The molecular weight excluding hydrogens is 476 g/mol. The molecule has 0 heterocycles. The fraction of sp³-hybridized carbons (Fsp3) is 0.931. The molecule has 0 fully saturated rings. The normalized spacial score (nSPS) is 11.4. The lowest BCUT2D eigenvalue weighted by molar-refractivity contribution is -0.890. The van der Waals surface area contributed by atoms with Crippen molar-refractivity contribution in [2.75, 3.05) is 61.0 Å². The number of hydrogen-bond donors (Lipinski definition) is 0. The van der Waals surface area contributed by atoms with Crippen LogP contribution >= 0.6 is 0 Å². The van der Waals surface area contributed by atoms with Gasteiger partial charge in [0.2, 0.25) is 0 Å². The van der Waals surface area contributed by atoms with Gasteiger partial charge < -0.3 is 26.4 Å². The summed E-state index contributed by atoms with van der Waals surface area (Å²) in [6.45, 7) is 4.79. The average Bonchev–Trinajstić information content (AvgIpc) is 2.78. The summed E-state index contributed by atoms with van der Waals surface area (Å²) in [6, 6.07) is 0. The van der Waals surface area contributed by atoms with E-state index < -0.39 is 0 Å². The minimum atomic E-state index is -0.208. The molecule has 0 rings (SSSR count). The number of carbonyl (C=O) groups excluding carboxylic acids is 2. The second-order valence-corrected chi connectivity index (χ2v) is 11.1. The van der Waals surface area contributed by atoms with Crippen LogP contribution in [0.3, 0.4) is 0 Å². The van der Waals surface area contributed by atoms with Gasteiger partial charge in [0, 0.05) is 6.42 Å². The molecule has 0 aromatic heterocycles. The van der Waals surface area contributed by atoms with Crippen LogP contribution in [0.5, 0.6) is 0 Å². The van der Waals surface area contributed by atoms with Gasteiger partial charge in [0.1, 0.15) is 26.3 Å². The second-order valence-electron chi connectivity index (χ2n) is 11.1. The molecule has 0 radical (unpaired) electrons. The van der Waals surface area contributed by atoms with E-state index in [0.29, 0.717) is 37.2 Å². The maximum Gasteiger partial charge on any atom is 0.320 e. The Morgan fingerprint density at radius 2 is 0.972 bits per heavy atom. The summed E-state index contributed by atoms with van der Waals surface area (Å²) in [4.78, 5) is 25.4. The molecule has 0 saturated carbocycles. The highest BCUT2D eigenvalue weighted by atomic mass is 35.5. The van der Waals surface area contributed by atoms with E-state index in [-0.39, 0.29) is 24.3 Å². The molecule has 0 N–H and O–H groups in total. The number of nitrogens with zero attached hydrogens (tertiary/aromatic N) is 2. The molecule has 0 saturated heterocycles. The van der Waals surface area contributed by atoms with Crippen LogP contribution in [0.4, 0.5) is 0 Å². The fourth-order valence-corrected chi connectivity index (χ4v) is 4.12. The lowest BCUT2D eigenvalue weighted by Crippen LogP contribution is -3.00. The third kappa shape index (κ3) is 27.7. The third-order valence-corrected chi connectivity index (χ3v) is 6.60. The first-order valence-electron chi connectivity index (χ1n) is 14.5. The van der Waals surface area contributed by atoms with Gasteiger partial charge in [-0.2, -0.15) is 0 Å². The molecule has 36 heavy (non-hydrogen) atoms. The van der Waals surface area contributed by atoms with Crippen molar-refractivity contribution < 1.29 is 36.0 Å². The number of esters is 2. The second kappa shape index (κ2) is 25.8. The number of ether oxygens (including phenoxy) is 2. The number of rotatable bonds is 25. The maximum atomic E-state index is 12.0. The SMILES string of the molecule is CCCCCCCCCCCCCCCCCCC(=O)OCC[N+](C)(C)CCOC(=O)CN(C)C.[Cl-]. The summed E-state index contributed by atoms with van der Waals surface area (Å²) in [5.74, 6) is -0.298. The minimum Gasteiger partial charge on any atom is -1.00 e. The van der Waals surface area contributed by atoms with E-state index in [1.54, 1.807) is 4.90 Å². The summed E-state index contributed by atoms with van der Waals surface area (Å²) in [7, 11) is 7.80. The van der Waals surface area contributed by atoms with Crippen LogP contribution in [0, 0.1) is 0 Å². The first kappa shape index (κ1) is 37.3. The van der Waals surface area contributed by atoms with E-state index in [4.69, 9.17) is 9.47 Å². The van der Waals surface area contributed by atoms with Crippen LogP contribution in [0.1, 0.15) is 116 Å². The van der Waals surface area contributed by atoms with Crippen LogP contribution in [-0.2, 0) is 19.1 Å². The van der Waals surface area contributed by atoms with Crippen molar-refractivity contribution in [3.8, 4) is 0 Å². The first-order chi connectivity index (χ1) is 16.8. The summed E-state index contributed by atoms with van der Waals surface area (Å²) >= 11 is 0. The van der Waals surface area contributed by atoms with Crippen molar-refractivity contribution in [3.63, 3.8) is 0 Å². The summed E-state index contributed by atoms with van der Waals surface area (Å²) in [5.41, 5.74) is 0. The Labute approximate surface area is 229 Å². The average molecular weight is 535 g/mol. The Balaban J connectivity index is 0. The number of quaternary nitrogens is 1.